The maximum absolute atomic E-state index is 12.5. The maximum Gasteiger partial charge on any atom is 0.137 e. The van der Waals surface area contributed by atoms with Crippen LogP contribution in [0.4, 0.5) is 8.78 Å². The molecule has 1 aromatic carbocycles. The molecule has 1 nitrogen and oxygen atoms in total. The van der Waals surface area contributed by atoms with E-state index in [1.54, 1.807) is 0 Å². The van der Waals surface area contributed by atoms with Gasteiger partial charge in [0.25, 0.3) is 0 Å². The van der Waals surface area contributed by atoms with Crippen molar-refractivity contribution in [3.05, 3.63) is 42.5 Å². The number of rotatable bonds is 3. The number of hydrogen-bond donors (Lipinski definition) is 0. The molecule has 0 aliphatic rings. The van der Waals surface area contributed by atoms with Crippen molar-refractivity contribution in [1.29, 1.82) is 0 Å². The lowest BCUT2D eigenvalue weighted by molar-refractivity contribution is 0.358. The number of benzene rings is 1. The molecular formula is C9H7F2O. The van der Waals surface area contributed by atoms with Crippen LogP contribution in [0.5, 0.6) is 5.75 Å². The molecule has 1 rings (SSSR count). The summed E-state index contributed by atoms with van der Waals surface area (Å²) >= 11 is 0. The monoisotopic (exact) mass is 169 g/mol. The molecule has 3 heteroatoms. The normalized spacial score (nSPS) is 9.50. The number of ether oxygens (including phenoxy) is 1. The molecule has 0 N–H and O–H groups in total. The molecule has 63 valence electrons. The Labute approximate surface area is 69.3 Å². The van der Waals surface area contributed by atoms with Crippen LogP contribution in [0.1, 0.15) is 0 Å². The Hall–Kier alpha value is -1.38. The molecule has 0 unspecified atom stereocenters. The molecule has 0 aliphatic heterocycles. The summed E-state index contributed by atoms with van der Waals surface area (Å²) in [5.74, 6) is -1.40. The smallest absolute Gasteiger partial charge is 0.137 e. The third-order valence-electron chi connectivity index (χ3n) is 1.14. The molecule has 0 fully saturated rings. The third-order valence-corrected chi connectivity index (χ3v) is 1.14. The first-order valence-corrected chi connectivity index (χ1v) is 3.34. The van der Waals surface area contributed by atoms with Crippen molar-refractivity contribution in [3.8, 4) is 5.75 Å². The molecule has 0 saturated carbocycles. The Morgan fingerprint density at radius 3 is 2.50 bits per heavy atom. The second-order valence-electron chi connectivity index (χ2n) is 2.11. The summed E-state index contributed by atoms with van der Waals surface area (Å²) in [6, 6.07) is 3.97. The molecule has 0 saturated heterocycles. The predicted molar refractivity (Wildman–Crippen MR) is 40.9 cm³/mol. The van der Waals surface area contributed by atoms with E-state index in [0.717, 1.165) is 12.1 Å². The van der Waals surface area contributed by atoms with Crippen LogP contribution in [0, 0.1) is 17.7 Å². The van der Waals surface area contributed by atoms with Gasteiger partial charge in [-0.3, -0.25) is 0 Å². The number of halogens is 2. The fraction of sp³-hybridized carbons (Fsp3) is 0.111. The number of hydrogen-bond acceptors (Lipinski definition) is 1. The Morgan fingerprint density at radius 2 is 2.00 bits per heavy atom. The van der Waals surface area contributed by atoms with Crippen LogP contribution in [-0.2, 0) is 0 Å². The van der Waals surface area contributed by atoms with E-state index in [1.165, 1.54) is 6.08 Å². The molecular weight excluding hydrogens is 162 g/mol. The molecule has 0 aliphatic carbocycles. The summed E-state index contributed by atoms with van der Waals surface area (Å²) in [6.07, 6.45) is 1.49. The van der Waals surface area contributed by atoms with E-state index in [0.29, 0.717) is 0 Å². The van der Waals surface area contributed by atoms with Crippen LogP contribution >= 0.6 is 0 Å². The Morgan fingerprint density at radius 1 is 1.42 bits per heavy atom. The minimum atomic E-state index is -0.769. The van der Waals surface area contributed by atoms with Crippen LogP contribution in [0.2, 0.25) is 0 Å². The van der Waals surface area contributed by atoms with Crippen LogP contribution in [0.15, 0.2) is 24.8 Å². The third kappa shape index (κ3) is 2.34. The highest BCUT2D eigenvalue weighted by Gasteiger charge is 2.00. The lowest BCUT2D eigenvalue weighted by atomic mass is 10.3. The Bertz CT molecular complexity index is 264. The van der Waals surface area contributed by atoms with Gasteiger partial charge in [0.15, 0.2) is 0 Å². The standard InChI is InChI=1S/C9H7F2O/c1-2-3-12-9-5-7(10)4-8(11)6-9/h2,5-6H,1,3H2. The second kappa shape index (κ2) is 3.85. The van der Waals surface area contributed by atoms with Crippen molar-refractivity contribution >= 4 is 0 Å². The summed E-state index contributed by atoms with van der Waals surface area (Å²) < 4.78 is 29.8. The summed E-state index contributed by atoms with van der Waals surface area (Å²) in [4.78, 5) is 0. The van der Waals surface area contributed by atoms with Gasteiger partial charge >= 0.3 is 0 Å². The van der Waals surface area contributed by atoms with Crippen LogP contribution in [0.25, 0.3) is 0 Å². The Kier molecular flexibility index (Phi) is 2.80. The molecule has 1 radical (unpaired) electrons. The lowest BCUT2D eigenvalue weighted by Crippen LogP contribution is -1.94. The van der Waals surface area contributed by atoms with E-state index in [2.05, 4.69) is 6.58 Å². The van der Waals surface area contributed by atoms with Crippen molar-refractivity contribution < 1.29 is 13.5 Å². The van der Waals surface area contributed by atoms with Gasteiger partial charge in [-0.15, -0.1) is 0 Å². The van der Waals surface area contributed by atoms with Gasteiger partial charge in [-0.1, -0.05) is 12.7 Å². The highest BCUT2D eigenvalue weighted by atomic mass is 19.1. The first kappa shape index (κ1) is 8.71. The van der Waals surface area contributed by atoms with Gasteiger partial charge in [-0.05, 0) is 0 Å². The van der Waals surface area contributed by atoms with Gasteiger partial charge in [-0.2, -0.15) is 0 Å². The fourth-order valence-corrected chi connectivity index (χ4v) is 0.716. The molecule has 1 aromatic rings. The van der Waals surface area contributed by atoms with E-state index in [9.17, 15) is 8.78 Å². The first-order valence-electron chi connectivity index (χ1n) is 3.34. The first-order chi connectivity index (χ1) is 5.72. The van der Waals surface area contributed by atoms with Crippen LogP contribution < -0.4 is 4.74 Å². The maximum atomic E-state index is 12.5. The fourth-order valence-electron chi connectivity index (χ4n) is 0.716. The van der Waals surface area contributed by atoms with E-state index in [4.69, 9.17) is 4.74 Å². The average molecular weight is 169 g/mol. The second-order valence-corrected chi connectivity index (χ2v) is 2.11. The molecule has 0 amide bonds. The van der Waals surface area contributed by atoms with E-state index in [1.807, 2.05) is 6.07 Å². The van der Waals surface area contributed by atoms with Gasteiger partial charge in [0.2, 0.25) is 0 Å². The largest absolute Gasteiger partial charge is 0.489 e. The summed E-state index contributed by atoms with van der Waals surface area (Å²) in [7, 11) is 0. The van der Waals surface area contributed by atoms with Crippen molar-refractivity contribution in [1.82, 2.24) is 0 Å². The van der Waals surface area contributed by atoms with Crippen LogP contribution in [0.3, 0.4) is 0 Å². The molecule has 0 aromatic heterocycles. The zero-order valence-corrected chi connectivity index (χ0v) is 6.31. The van der Waals surface area contributed by atoms with Gasteiger partial charge in [-0.25, -0.2) is 8.78 Å². The lowest BCUT2D eigenvalue weighted by Gasteiger charge is -2.01. The van der Waals surface area contributed by atoms with E-state index < -0.39 is 11.6 Å². The van der Waals surface area contributed by atoms with Gasteiger partial charge in [0.1, 0.15) is 24.0 Å². The van der Waals surface area contributed by atoms with E-state index in [-0.39, 0.29) is 12.4 Å². The van der Waals surface area contributed by atoms with Gasteiger partial charge in [0, 0.05) is 12.1 Å². The predicted octanol–water partition coefficient (Wildman–Crippen LogP) is 2.33. The van der Waals surface area contributed by atoms with Gasteiger partial charge < -0.3 is 4.74 Å². The minimum absolute atomic E-state index is 0.142. The summed E-state index contributed by atoms with van der Waals surface area (Å²) in [5, 5.41) is 0. The van der Waals surface area contributed by atoms with Crippen molar-refractivity contribution in [3.63, 3.8) is 0 Å². The minimum Gasteiger partial charge on any atom is -0.489 e. The average Bonchev–Trinajstić information content (AvgIpc) is 1.99. The molecule has 12 heavy (non-hydrogen) atoms. The zero-order valence-electron chi connectivity index (χ0n) is 6.31. The highest BCUT2D eigenvalue weighted by Crippen LogP contribution is 2.14. The quantitative estimate of drug-likeness (QED) is 0.631. The highest BCUT2D eigenvalue weighted by molar-refractivity contribution is 5.23. The zero-order chi connectivity index (χ0) is 8.97. The molecule has 0 bridgehead atoms. The van der Waals surface area contributed by atoms with Crippen LogP contribution in [-0.4, -0.2) is 6.61 Å². The van der Waals surface area contributed by atoms with Crippen molar-refractivity contribution in [2.75, 3.05) is 6.61 Å². The SMILES string of the molecule is C=CCOc1cc(F)[c]c(F)c1. The molecule has 0 atom stereocenters. The summed E-state index contributed by atoms with van der Waals surface area (Å²) in [5.41, 5.74) is 0. The Balaban J connectivity index is 2.78. The topological polar surface area (TPSA) is 9.23 Å². The van der Waals surface area contributed by atoms with Crippen molar-refractivity contribution in [2.24, 2.45) is 0 Å². The molecule has 0 heterocycles. The summed E-state index contributed by atoms with van der Waals surface area (Å²) in [6.45, 7) is 3.63. The van der Waals surface area contributed by atoms with E-state index >= 15 is 0 Å². The van der Waals surface area contributed by atoms with Gasteiger partial charge in [0.05, 0.1) is 6.07 Å². The van der Waals surface area contributed by atoms with Crippen molar-refractivity contribution in [2.45, 2.75) is 0 Å². The molecule has 0 spiro atoms.